The second-order valence-corrected chi connectivity index (χ2v) is 7.50. The Kier molecular flexibility index (Phi) is 4.27. The summed E-state index contributed by atoms with van der Waals surface area (Å²) in [6.07, 6.45) is 2.21. The van der Waals surface area contributed by atoms with Crippen molar-refractivity contribution in [3.63, 3.8) is 0 Å². The van der Waals surface area contributed by atoms with Crippen LogP contribution in [-0.2, 0) is 9.84 Å². The minimum absolute atomic E-state index is 0.0270. The highest BCUT2D eigenvalue weighted by Crippen LogP contribution is 2.17. The molecule has 0 radical (unpaired) electrons. The van der Waals surface area contributed by atoms with Gasteiger partial charge >= 0.3 is 0 Å². The predicted molar refractivity (Wildman–Crippen MR) is 77.7 cm³/mol. The number of anilines is 1. The van der Waals surface area contributed by atoms with Crippen molar-refractivity contribution in [3.8, 4) is 0 Å². The first kappa shape index (κ1) is 14.8. The Labute approximate surface area is 119 Å². The Bertz CT molecular complexity index is 599. The van der Waals surface area contributed by atoms with Gasteiger partial charge in [0.2, 0.25) is 0 Å². The molecule has 0 aliphatic carbocycles. The number of amides is 1. The first-order valence-electron chi connectivity index (χ1n) is 6.49. The molecule has 2 rings (SSSR count). The van der Waals surface area contributed by atoms with Gasteiger partial charge in [0.05, 0.1) is 11.5 Å². The van der Waals surface area contributed by atoms with E-state index >= 15 is 0 Å². The van der Waals surface area contributed by atoms with Gasteiger partial charge in [0.1, 0.15) is 5.82 Å². The van der Waals surface area contributed by atoms with Crippen LogP contribution >= 0.6 is 0 Å². The second-order valence-electron chi connectivity index (χ2n) is 5.28. The highest BCUT2D eigenvalue weighted by atomic mass is 32.2. The second kappa shape index (κ2) is 5.78. The Morgan fingerprint density at radius 3 is 2.85 bits per heavy atom. The number of nitrogens with one attached hydrogen (secondary N) is 1. The zero-order valence-corrected chi connectivity index (χ0v) is 12.5. The molecule has 1 aliphatic rings. The zero-order valence-electron chi connectivity index (χ0n) is 11.7. The van der Waals surface area contributed by atoms with Crippen LogP contribution in [0.2, 0.25) is 0 Å². The van der Waals surface area contributed by atoms with Crippen molar-refractivity contribution >= 4 is 21.6 Å². The average molecular weight is 297 g/mol. The summed E-state index contributed by atoms with van der Waals surface area (Å²) in [6, 6.07) is 3.36. The van der Waals surface area contributed by atoms with Crippen LogP contribution in [0.5, 0.6) is 0 Å². The third kappa shape index (κ3) is 3.69. The monoisotopic (exact) mass is 297 g/mol. The zero-order chi connectivity index (χ0) is 14.8. The summed E-state index contributed by atoms with van der Waals surface area (Å²) in [5.74, 6) is 0.945. The number of carbonyl (C=O) groups is 1. The average Bonchev–Trinajstić information content (AvgIpc) is 2.75. The van der Waals surface area contributed by atoms with E-state index in [9.17, 15) is 13.2 Å². The van der Waals surface area contributed by atoms with Crippen molar-refractivity contribution in [1.82, 2.24) is 10.3 Å². The molecule has 1 aromatic heterocycles. The van der Waals surface area contributed by atoms with E-state index in [1.54, 1.807) is 18.3 Å². The van der Waals surface area contributed by atoms with E-state index in [2.05, 4.69) is 10.3 Å². The lowest BCUT2D eigenvalue weighted by Crippen LogP contribution is -2.30. The SMILES string of the molecule is CN(C)c1cc(C(=O)NC[C@@H]2CCS(=O)(=O)C2)ccn1. The molecule has 0 saturated carbocycles. The van der Waals surface area contributed by atoms with Crippen LogP contribution in [0.1, 0.15) is 16.8 Å². The molecular weight excluding hydrogens is 278 g/mol. The van der Waals surface area contributed by atoms with Crippen molar-refractivity contribution in [2.24, 2.45) is 5.92 Å². The standard InChI is InChI=1S/C13H19N3O3S/c1-16(2)12-7-11(3-5-14-12)13(17)15-8-10-4-6-20(18,19)9-10/h3,5,7,10H,4,6,8-9H2,1-2H3,(H,15,17)/t10-/m0/s1. The summed E-state index contributed by atoms with van der Waals surface area (Å²) in [6.45, 7) is 0.400. The highest BCUT2D eigenvalue weighted by Gasteiger charge is 2.27. The van der Waals surface area contributed by atoms with Crippen LogP contribution in [-0.4, -0.2) is 51.5 Å². The lowest BCUT2D eigenvalue weighted by atomic mass is 10.1. The number of nitrogens with zero attached hydrogens (tertiary/aromatic N) is 2. The molecule has 20 heavy (non-hydrogen) atoms. The maximum Gasteiger partial charge on any atom is 0.251 e. The van der Waals surface area contributed by atoms with Gasteiger partial charge in [-0.1, -0.05) is 0 Å². The number of hydrogen-bond donors (Lipinski definition) is 1. The minimum atomic E-state index is -2.89. The fourth-order valence-corrected chi connectivity index (χ4v) is 4.04. The summed E-state index contributed by atoms with van der Waals surface area (Å²) >= 11 is 0. The van der Waals surface area contributed by atoms with Crippen LogP contribution in [0.15, 0.2) is 18.3 Å². The molecular formula is C13H19N3O3S. The first-order chi connectivity index (χ1) is 9.37. The predicted octanol–water partition coefficient (Wildman–Crippen LogP) is 0.312. The summed E-state index contributed by atoms with van der Waals surface area (Å²) in [7, 11) is 0.815. The topological polar surface area (TPSA) is 79.4 Å². The molecule has 1 atom stereocenters. The molecule has 0 unspecified atom stereocenters. The Hall–Kier alpha value is -1.63. The molecule has 0 bridgehead atoms. The number of pyridine rings is 1. The molecule has 0 aromatic carbocycles. The van der Waals surface area contributed by atoms with Gasteiger partial charge in [-0.3, -0.25) is 4.79 Å². The lowest BCUT2D eigenvalue weighted by Gasteiger charge is -2.13. The lowest BCUT2D eigenvalue weighted by molar-refractivity contribution is 0.0948. The molecule has 1 fully saturated rings. The number of sulfone groups is 1. The van der Waals surface area contributed by atoms with E-state index in [0.717, 1.165) is 0 Å². The molecule has 7 heteroatoms. The summed E-state index contributed by atoms with van der Waals surface area (Å²) in [5, 5.41) is 2.80. The van der Waals surface area contributed by atoms with E-state index in [4.69, 9.17) is 0 Å². The van der Waals surface area contributed by atoms with Crippen LogP contribution < -0.4 is 10.2 Å². The van der Waals surface area contributed by atoms with Crippen molar-refractivity contribution in [2.45, 2.75) is 6.42 Å². The van der Waals surface area contributed by atoms with Crippen molar-refractivity contribution in [1.29, 1.82) is 0 Å². The van der Waals surface area contributed by atoms with Crippen LogP contribution in [0, 0.1) is 5.92 Å². The number of aromatic nitrogens is 1. The maximum atomic E-state index is 12.0. The van der Waals surface area contributed by atoms with Gasteiger partial charge in [0.25, 0.3) is 5.91 Å². The fraction of sp³-hybridized carbons (Fsp3) is 0.538. The van der Waals surface area contributed by atoms with Crippen LogP contribution in [0.3, 0.4) is 0 Å². The molecule has 1 aromatic rings. The normalized spacial score (nSPS) is 20.6. The van der Waals surface area contributed by atoms with Crippen LogP contribution in [0.25, 0.3) is 0 Å². The highest BCUT2D eigenvalue weighted by molar-refractivity contribution is 7.91. The van der Waals surface area contributed by atoms with Gasteiger partial charge in [0, 0.05) is 32.4 Å². The largest absolute Gasteiger partial charge is 0.363 e. The molecule has 1 saturated heterocycles. The molecule has 1 aliphatic heterocycles. The van der Waals surface area contributed by atoms with E-state index < -0.39 is 9.84 Å². The smallest absolute Gasteiger partial charge is 0.251 e. The van der Waals surface area contributed by atoms with Gasteiger partial charge in [0.15, 0.2) is 9.84 Å². The molecule has 1 amide bonds. The van der Waals surface area contributed by atoms with Gasteiger partial charge in [-0.25, -0.2) is 13.4 Å². The summed E-state index contributed by atoms with van der Waals surface area (Å²) < 4.78 is 22.7. The Balaban J connectivity index is 1.94. The molecule has 0 spiro atoms. The van der Waals surface area contributed by atoms with Crippen molar-refractivity contribution in [3.05, 3.63) is 23.9 Å². The van der Waals surface area contributed by atoms with Gasteiger partial charge < -0.3 is 10.2 Å². The molecule has 2 heterocycles. The maximum absolute atomic E-state index is 12.0. The third-order valence-corrected chi connectivity index (χ3v) is 5.18. The van der Waals surface area contributed by atoms with E-state index in [0.29, 0.717) is 24.3 Å². The quantitative estimate of drug-likeness (QED) is 0.865. The summed E-state index contributed by atoms with van der Waals surface area (Å²) in [4.78, 5) is 18.0. The van der Waals surface area contributed by atoms with Crippen molar-refractivity contribution in [2.75, 3.05) is 37.0 Å². The molecule has 110 valence electrons. The van der Waals surface area contributed by atoms with Crippen molar-refractivity contribution < 1.29 is 13.2 Å². The van der Waals surface area contributed by atoms with Gasteiger partial charge in [-0.15, -0.1) is 0 Å². The molecule has 1 N–H and O–H groups in total. The fourth-order valence-electron chi connectivity index (χ4n) is 2.18. The van der Waals surface area contributed by atoms with Crippen LogP contribution in [0.4, 0.5) is 5.82 Å². The Morgan fingerprint density at radius 2 is 2.25 bits per heavy atom. The van der Waals surface area contributed by atoms with E-state index in [1.807, 2.05) is 19.0 Å². The number of hydrogen-bond acceptors (Lipinski definition) is 5. The van der Waals surface area contributed by atoms with Gasteiger partial charge in [-0.2, -0.15) is 0 Å². The first-order valence-corrected chi connectivity index (χ1v) is 8.31. The van der Waals surface area contributed by atoms with E-state index in [1.165, 1.54) is 0 Å². The Morgan fingerprint density at radius 1 is 1.50 bits per heavy atom. The summed E-state index contributed by atoms with van der Waals surface area (Å²) in [5.41, 5.74) is 0.532. The third-order valence-electron chi connectivity index (χ3n) is 3.34. The molecule has 6 nitrogen and oxygen atoms in total. The van der Waals surface area contributed by atoms with E-state index in [-0.39, 0.29) is 23.3 Å². The minimum Gasteiger partial charge on any atom is -0.363 e. The number of carbonyl (C=O) groups excluding carboxylic acids is 1. The number of rotatable bonds is 4. The van der Waals surface area contributed by atoms with Gasteiger partial charge in [-0.05, 0) is 24.5 Å².